The van der Waals surface area contributed by atoms with Crippen LogP contribution in [0.3, 0.4) is 0 Å². The van der Waals surface area contributed by atoms with Gasteiger partial charge in [-0.2, -0.15) is 13.2 Å². The zero-order chi connectivity index (χ0) is 16.0. The number of hydrogen-bond donors (Lipinski definition) is 2. The third-order valence-corrected chi connectivity index (χ3v) is 2.53. The highest BCUT2D eigenvalue weighted by atomic mass is 19.4. The molecule has 2 N–H and O–H groups in total. The molecule has 21 heavy (non-hydrogen) atoms. The molecule has 0 atom stereocenters. The second-order valence-corrected chi connectivity index (χ2v) is 4.06. The molecule has 0 aliphatic carbocycles. The van der Waals surface area contributed by atoms with E-state index in [4.69, 9.17) is 9.84 Å². The third kappa shape index (κ3) is 5.07. The number of nitrogens with one attached hydrogen (secondary N) is 1. The minimum Gasteiger partial charge on any atom is -0.478 e. The van der Waals surface area contributed by atoms with Crippen LogP contribution in [0.2, 0.25) is 0 Å². The Hall–Kier alpha value is -2.09. The Morgan fingerprint density at radius 3 is 2.52 bits per heavy atom. The number of carboxylic acid groups (broad SMARTS) is 1. The molecule has 0 bridgehead atoms. The summed E-state index contributed by atoms with van der Waals surface area (Å²) in [7, 11) is 0. The maximum atomic E-state index is 12.5. The lowest BCUT2D eigenvalue weighted by molar-refractivity contribution is -0.137. The standard InChI is InChI=1S/C13H14F3NO4/c1-2-21-6-5-11(18)17-10-4-3-8(13(14,15)16)7-9(10)12(19)20/h3-4,7H,2,5-6H2,1H3,(H,17,18)(H,19,20). The highest BCUT2D eigenvalue weighted by Crippen LogP contribution is 2.31. The van der Waals surface area contributed by atoms with E-state index in [9.17, 15) is 22.8 Å². The van der Waals surface area contributed by atoms with E-state index in [1.54, 1.807) is 6.92 Å². The van der Waals surface area contributed by atoms with E-state index in [0.717, 1.165) is 6.07 Å². The Balaban J connectivity index is 2.92. The maximum Gasteiger partial charge on any atom is 0.416 e. The molecule has 0 aliphatic heterocycles. The van der Waals surface area contributed by atoms with E-state index in [2.05, 4.69) is 5.32 Å². The summed E-state index contributed by atoms with van der Waals surface area (Å²) >= 11 is 0. The molecule has 0 unspecified atom stereocenters. The van der Waals surface area contributed by atoms with E-state index in [-0.39, 0.29) is 18.7 Å². The fraction of sp³-hybridized carbons (Fsp3) is 0.385. The van der Waals surface area contributed by atoms with Gasteiger partial charge in [0.25, 0.3) is 0 Å². The summed E-state index contributed by atoms with van der Waals surface area (Å²) in [4.78, 5) is 22.5. The normalized spacial score (nSPS) is 11.2. The molecule has 116 valence electrons. The van der Waals surface area contributed by atoms with Crippen molar-refractivity contribution >= 4 is 17.6 Å². The highest BCUT2D eigenvalue weighted by molar-refractivity contribution is 6.00. The SMILES string of the molecule is CCOCCC(=O)Nc1ccc(C(F)(F)F)cc1C(=O)O. The second kappa shape index (κ2) is 7.07. The topological polar surface area (TPSA) is 75.6 Å². The first-order valence-electron chi connectivity index (χ1n) is 6.07. The van der Waals surface area contributed by atoms with Crippen molar-refractivity contribution in [3.8, 4) is 0 Å². The molecule has 0 radical (unpaired) electrons. The van der Waals surface area contributed by atoms with E-state index < -0.39 is 29.2 Å². The van der Waals surface area contributed by atoms with Crippen molar-refractivity contribution in [3.63, 3.8) is 0 Å². The Kier molecular flexibility index (Phi) is 5.71. The van der Waals surface area contributed by atoms with Crippen LogP contribution in [-0.4, -0.2) is 30.2 Å². The van der Waals surface area contributed by atoms with Crippen LogP contribution in [0.25, 0.3) is 0 Å². The molecule has 5 nitrogen and oxygen atoms in total. The van der Waals surface area contributed by atoms with Gasteiger partial charge in [-0.15, -0.1) is 0 Å². The van der Waals surface area contributed by atoms with Crippen LogP contribution in [0, 0.1) is 0 Å². The van der Waals surface area contributed by atoms with Gasteiger partial charge in [0.15, 0.2) is 0 Å². The molecule has 0 aromatic heterocycles. The predicted octanol–water partition coefficient (Wildman–Crippen LogP) is 2.77. The molecule has 0 saturated heterocycles. The molecule has 1 aromatic rings. The first kappa shape index (κ1) is 17.0. The van der Waals surface area contributed by atoms with Crippen molar-refractivity contribution in [1.82, 2.24) is 0 Å². The van der Waals surface area contributed by atoms with Gasteiger partial charge >= 0.3 is 12.1 Å². The third-order valence-electron chi connectivity index (χ3n) is 2.53. The van der Waals surface area contributed by atoms with Crippen molar-refractivity contribution in [2.75, 3.05) is 18.5 Å². The molecule has 0 spiro atoms. The molecule has 1 aromatic carbocycles. The number of hydrogen-bond acceptors (Lipinski definition) is 3. The summed E-state index contributed by atoms with van der Waals surface area (Å²) in [5.41, 5.74) is -1.89. The van der Waals surface area contributed by atoms with Crippen LogP contribution in [0.15, 0.2) is 18.2 Å². The molecule has 0 heterocycles. The van der Waals surface area contributed by atoms with Crippen LogP contribution in [-0.2, 0) is 15.7 Å². The summed E-state index contributed by atoms with van der Waals surface area (Å²) in [6.07, 6.45) is -4.67. The zero-order valence-electron chi connectivity index (χ0n) is 11.2. The lowest BCUT2D eigenvalue weighted by Gasteiger charge is -2.12. The highest BCUT2D eigenvalue weighted by Gasteiger charge is 2.32. The molecule has 0 aliphatic rings. The Morgan fingerprint density at radius 1 is 1.33 bits per heavy atom. The summed E-state index contributed by atoms with van der Waals surface area (Å²) in [5, 5.41) is 11.2. The fourth-order valence-electron chi connectivity index (χ4n) is 1.53. The maximum absolute atomic E-state index is 12.5. The number of ether oxygens (including phenoxy) is 1. The number of alkyl halides is 3. The smallest absolute Gasteiger partial charge is 0.416 e. The molecular formula is C13H14F3NO4. The largest absolute Gasteiger partial charge is 0.478 e. The number of carbonyl (C=O) groups is 2. The number of carbonyl (C=O) groups excluding carboxylic acids is 1. The minimum atomic E-state index is -4.65. The van der Waals surface area contributed by atoms with Gasteiger partial charge in [0.2, 0.25) is 5.91 Å². The number of carboxylic acids is 1. The monoisotopic (exact) mass is 305 g/mol. The second-order valence-electron chi connectivity index (χ2n) is 4.06. The van der Waals surface area contributed by atoms with E-state index in [0.29, 0.717) is 18.7 Å². The van der Waals surface area contributed by atoms with Gasteiger partial charge in [-0.25, -0.2) is 4.79 Å². The van der Waals surface area contributed by atoms with Crippen LogP contribution in [0.1, 0.15) is 29.3 Å². The van der Waals surface area contributed by atoms with Gasteiger partial charge in [-0.1, -0.05) is 0 Å². The van der Waals surface area contributed by atoms with Crippen molar-refractivity contribution in [3.05, 3.63) is 29.3 Å². The van der Waals surface area contributed by atoms with Gasteiger partial charge in [0.05, 0.1) is 29.8 Å². The molecule has 0 fully saturated rings. The molecule has 0 saturated carbocycles. The van der Waals surface area contributed by atoms with Gasteiger partial charge < -0.3 is 15.2 Å². The number of amides is 1. The number of benzene rings is 1. The molecule has 1 rings (SSSR count). The van der Waals surface area contributed by atoms with Crippen LogP contribution in [0.4, 0.5) is 18.9 Å². The van der Waals surface area contributed by atoms with E-state index >= 15 is 0 Å². The van der Waals surface area contributed by atoms with Crippen molar-refractivity contribution < 1.29 is 32.6 Å². The summed E-state index contributed by atoms with van der Waals surface area (Å²) in [6, 6.07) is 2.12. The minimum absolute atomic E-state index is 0.0199. The average molecular weight is 305 g/mol. The van der Waals surface area contributed by atoms with Gasteiger partial charge in [0.1, 0.15) is 0 Å². The summed E-state index contributed by atoms with van der Waals surface area (Å²) < 4.78 is 42.6. The van der Waals surface area contributed by atoms with Crippen molar-refractivity contribution in [2.24, 2.45) is 0 Å². The predicted molar refractivity (Wildman–Crippen MR) is 68.1 cm³/mol. The number of aromatic carboxylic acids is 1. The number of rotatable bonds is 6. The van der Waals surface area contributed by atoms with Crippen molar-refractivity contribution in [2.45, 2.75) is 19.5 Å². The van der Waals surface area contributed by atoms with Crippen molar-refractivity contribution in [1.29, 1.82) is 0 Å². The number of anilines is 1. The van der Waals surface area contributed by atoms with E-state index in [1.807, 2.05) is 0 Å². The number of halogens is 3. The van der Waals surface area contributed by atoms with Gasteiger partial charge in [-0.05, 0) is 25.1 Å². The van der Waals surface area contributed by atoms with Crippen LogP contribution < -0.4 is 5.32 Å². The van der Waals surface area contributed by atoms with Gasteiger partial charge in [0, 0.05) is 6.61 Å². The van der Waals surface area contributed by atoms with E-state index in [1.165, 1.54) is 0 Å². The first-order chi connectivity index (χ1) is 9.75. The average Bonchev–Trinajstić information content (AvgIpc) is 2.37. The first-order valence-corrected chi connectivity index (χ1v) is 6.07. The summed E-state index contributed by atoms with van der Waals surface area (Å²) in [5.74, 6) is -2.09. The van der Waals surface area contributed by atoms with Crippen LogP contribution >= 0.6 is 0 Å². The zero-order valence-corrected chi connectivity index (χ0v) is 11.2. The Labute approximate surface area is 118 Å². The van der Waals surface area contributed by atoms with Gasteiger partial charge in [-0.3, -0.25) is 4.79 Å². The van der Waals surface area contributed by atoms with Crippen LogP contribution in [0.5, 0.6) is 0 Å². The molecular weight excluding hydrogens is 291 g/mol. The molecule has 8 heteroatoms. The quantitative estimate of drug-likeness (QED) is 0.792. The lowest BCUT2D eigenvalue weighted by Crippen LogP contribution is -2.17. The molecule has 1 amide bonds. The Morgan fingerprint density at radius 2 is 2.00 bits per heavy atom. The fourth-order valence-corrected chi connectivity index (χ4v) is 1.53. The Bertz CT molecular complexity index is 529. The lowest BCUT2D eigenvalue weighted by atomic mass is 10.1. The summed E-state index contributed by atoms with van der Waals surface area (Å²) in [6.45, 7) is 2.32.